The number of anilines is 1. The molecule has 0 atom stereocenters. The summed E-state index contributed by atoms with van der Waals surface area (Å²) >= 11 is 7.36. The largest absolute Gasteiger partial charge is 0.278 e. The molecule has 1 N–H and O–H groups in total. The first-order chi connectivity index (χ1) is 15.7. The fraction of sp³-hybridized carbons (Fsp3) is 0.167. The number of sulfonamides is 1. The molecule has 4 rings (SSSR count). The molecule has 170 valence electrons. The van der Waals surface area contributed by atoms with Gasteiger partial charge in [0.25, 0.3) is 15.6 Å². The lowest BCUT2D eigenvalue weighted by Crippen LogP contribution is -2.15. The standard InChI is InChI=1S/C24H22ClN3O3S2/c1-16(2)17-7-10-20(11-8-17)33(30,31)27-21-5-3-4-6-22(21)32-15-19-13-24(29)28-14-18(25)9-12-23(28)26-19/h3-14,16,27H,15H2,1-2H3. The molecule has 0 radical (unpaired) electrons. The first kappa shape index (κ1) is 23.4. The summed E-state index contributed by atoms with van der Waals surface area (Å²) in [6, 6.07) is 18.9. The molecule has 0 bridgehead atoms. The van der Waals surface area contributed by atoms with E-state index in [-0.39, 0.29) is 10.5 Å². The van der Waals surface area contributed by atoms with Gasteiger partial charge in [-0.05, 0) is 47.9 Å². The van der Waals surface area contributed by atoms with Gasteiger partial charge in [0.15, 0.2) is 0 Å². The van der Waals surface area contributed by atoms with Crippen LogP contribution < -0.4 is 10.3 Å². The van der Waals surface area contributed by atoms with Crippen molar-refractivity contribution in [1.29, 1.82) is 0 Å². The highest BCUT2D eigenvalue weighted by Gasteiger charge is 2.17. The van der Waals surface area contributed by atoms with Gasteiger partial charge >= 0.3 is 0 Å². The number of nitrogens with zero attached hydrogens (tertiary/aromatic N) is 2. The minimum atomic E-state index is -3.75. The van der Waals surface area contributed by atoms with Crippen LogP contribution in [0.3, 0.4) is 0 Å². The molecule has 0 unspecified atom stereocenters. The van der Waals surface area contributed by atoms with Gasteiger partial charge in [0, 0.05) is 22.9 Å². The highest BCUT2D eigenvalue weighted by atomic mass is 35.5. The molecule has 0 amide bonds. The molecule has 0 aliphatic rings. The fourth-order valence-electron chi connectivity index (χ4n) is 3.26. The quantitative estimate of drug-likeness (QED) is 0.336. The normalized spacial score (nSPS) is 11.8. The summed E-state index contributed by atoms with van der Waals surface area (Å²) in [4.78, 5) is 17.9. The van der Waals surface area contributed by atoms with Crippen LogP contribution in [0.5, 0.6) is 0 Å². The van der Waals surface area contributed by atoms with Crippen molar-refractivity contribution in [2.45, 2.75) is 35.3 Å². The van der Waals surface area contributed by atoms with E-state index in [1.807, 2.05) is 24.3 Å². The smallest absolute Gasteiger partial charge is 0.261 e. The van der Waals surface area contributed by atoms with Crippen LogP contribution in [0.2, 0.25) is 5.02 Å². The van der Waals surface area contributed by atoms with E-state index >= 15 is 0 Å². The summed E-state index contributed by atoms with van der Waals surface area (Å²) in [5.74, 6) is 0.719. The molecule has 0 aliphatic carbocycles. The minimum Gasteiger partial charge on any atom is -0.278 e. The van der Waals surface area contributed by atoms with E-state index in [4.69, 9.17) is 11.6 Å². The van der Waals surface area contributed by atoms with Crippen molar-refractivity contribution in [3.8, 4) is 0 Å². The Labute approximate surface area is 201 Å². The predicted octanol–water partition coefficient (Wildman–Crippen LogP) is 5.56. The Hall–Kier alpha value is -2.81. The summed E-state index contributed by atoms with van der Waals surface area (Å²) in [5.41, 5.74) is 2.42. The average molecular weight is 500 g/mol. The molecule has 6 nitrogen and oxygen atoms in total. The van der Waals surface area contributed by atoms with Crippen LogP contribution in [0, 0.1) is 0 Å². The van der Waals surface area contributed by atoms with E-state index in [9.17, 15) is 13.2 Å². The Morgan fingerprint density at radius 3 is 2.52 bits per heavy atom. The minimum absolute atomic E-state index is 0.203. The van der Waals surface area contributed by atoms with E-state index in [1.165, 1.54) is 28.4 Å². The van der Waals surface area contributed by atoms with Crippen molar-refractivity contribution < 1.29 is 8.42 Å². The zero-order valence-corrected chi connectivity index (χ0v) is 20.4. The van der Waals surface area contributed by atoms with Gasteiger partial charge in [-0.25, -0.2) is 13.4 Å². The number of benzene rings is 2. The lowest BCUT2D eigenvalue weighted by atomic mass is 10.0. The number of aromatic nitrogens is 2. The fourth-order valence-corrected chi connectivity index (χ4v) is 5.47. The summed E-state index contributed by atoms with van der Waals surface area (Å²) in [6.45, 7) is 4.12. The van der Waals surface area contributed by atoms with Crippen LogP contribution in [-0.2, 0) is 15.8 Å². The Kier molecular flexibility index (Phi) is 6.78. The third-order valence-electron chi connectivity index (χ3n) is 5.04. The maximum atomic E-state index is 12.9. The highest BCUT2D eigenvalue weighted by molar-refractivity contribution is 7.98. The van der Waals surface area contributed by atoms with Crippen molar-refractivity contribution in [3.63, 3.8) is 0 Å². The zero-order valence-electron chi connectivity index (χ0n) is 18.0. The zero-order chi connectivity index (χ0) is 23.6. The molecule has 0 spiro atoms. The maximum absolute atomic E-state index is 12.9. The SMILES string of the molecule is CC(C)c1ccc(S(=O)(=O)Nc2ccccc2SCc2cc(=O)n3cc(Cl)ccc3n2)cc1. The van der Waals surface area contributed by atoms with E-state index < -0.39 is 10.0 Å². The van der Waals surface area contributed by atoms with Gasteiger partial charge in [-0.15, -0.1) is 11.8 Å². The number of pyridine rings is 1. The van der Waals surface area contributed by atoms with Gasteiger partial charge in [-0.2, -0.15) is 0 Å². The first-order valence-electron chi connectivity index (χ1n) is 10.3. The van der Waals surface area contributed by atoms with Gasteiger partial charge in [0.05, 0.1) is 21.3 Å². The number of para-hydroxylation sites is 1. The Morgan fingerprint density at radius 1 is 1.06 bits per heavy atom. The molecular formula is C24H22ClN3O3S2. The van der Waals surface area contributed by atoms with Crippen LogP contribution >= 0.6 is 23.4 Å². The molecule has 0 saturated heterocycles. The number of halogens is 1. The number of hydrogen-bond donors (Lipinski definition) is 1. The van der Waals surface area contributed by atoms with Crippen LogP contribution in [0.4, 0.5) is 5.69 Å². The second-order valence-corrected chi connectivity index (χ2v) is 10.9. The van der Waals surface area contributed by atoms with E-state index in [0.717, 1.165) is 10.5 Å². The second kappa shape index (κ2) is 9.59. The third kappa shape index (κ3) is 5.40. The van der Waals surface area contributed by atoms with E-state index in [0.29, 0.717) is 33.7 Å². The van der Waals surface area contributed by atoms with Crippen molar-refractivity contribution in [3.05, 3.63) is 99.6 Å². The third-order valence-corrected chi connectivity index (χ3v) is 7.75. The highest BCUT2D eigenvalue weighted by Crippen LogP contribution is 2.31. The average Bonchev–Trinajstić information content (AvgIpc) is 2.79. The van der Waals surface area contributed by atoms with Crippen LogP contribution in [-0.4, -0.2) is 17.8 Å². The van der Waals surface area contributed by atoms with Crippen molar-refractivity contribution >= 4 is 44.7 Å². The summed E-state index contributed by atoms with van der Waals surface area (Å²) < 4.78 is 30.0. The van der Waals surface area contributed by atoms with Gasteiger partial charge in [-0.1, -0.05) is 49.7 Å². The van der Waals surface area contributed by atoms with Crippen LogP contribution in [0.1, 0.15) is 31.0 Å². The van der Waals surface area contributed by atoms with Gasteiger partial charge in [0.2, 0.25) is 0 Å². The topological polar surface area (TPSA) is 80.5 Å². The molecule has 4 aromatic rings. The number of rotatable bonds is 7. The Morgan fingerprint density at radius 2 is 1.79 bits per heavy atom. The summed E-state index contributed by atoms with van der Waals surface area (Å²) in [7, 11) is -3.75. The lowest BCUT2D eigenvalue weighted by Gasteiger charge is -2.13. The van der Waals surface area contributed by atoms with Crippen LogP contribution in [0.25, 0.3) is 5.65 Å². The summed E-state index contributed by atoms with van der Waals surface area (Å²) in [6.07, 6.45) is 1.53. The first-order valence-corrected chi connectivity index (χ1v) is 13.1. The Bertz CT molecular complexity index is 1470. The van der Waals surface area contributed by atoms with Crippen molar-refractivity contribution in [2.75, 3.05) is 4.72 Å². The summed E-state index contributed by atoms with van der Waals surface area (Å²) in [5, 5.41) is 0.452. The predicted molar refractivity (Wildman–Crippen MR) is 134 cm³/mol. The molecule has 2 aromatic carbocycles. The van der Waals surface area contributed by atoms with Crippen molar-refractivity contribution in [2.24, 2.45) is 0 Å². The second-order valence-electron chi connectivity index (χ2n) is 7.78. The van der Waals surface area contributed by atoms with Gasteiger partial charge < -0.3 is 0 Å². The molecule has 0 aliphatic heterocycles. The lowest BCUT2D eigenvalue weighted by molar-refractivity contribution is 0.601. The van der Waals surface area contributed by atoms with Crippen LogP contribution in [0.15, 0.2) is 87.5 Å². The molecule has 2 aromatic heterocycles. The number of nitrogens with one attached hydrogen (secondary N) is 1. The molecule has 33 heavy (non-hydrogen) atoms. The molecule has 0 saturated carbocycles. The molecule has 2 heterocycles. The van der Waals surface area contributed by atoms with E-state index in [2.05, 4.69) is 23.6 Å². The van der Waals surface area contributed by atoms with Gasteiger partial charge in [0.1, 0.15) is 5.65 Å². The Balaban J connectivity index is 1.55. The molecule has 0 fully saturated rings. The van der Waals surface area contributed by atoms with Crippen molar-refractivity contribution in [1.82, 2.24) is 9.38 Å². The number of hydrogen-bond acceptors (Lipinski definition) is 5. The molecule has 9 heteroatoms. The number of thioether (sulfide) groups is 1. The molecular weight excluding hydrogens is 478 g/mol. The monoisotopic (exact) mass is 499 g/mol. The number of fused-ring (bicyclic) bond motifs is 1. The maximum Gasteiger partial charge on any atom is 0.261 e. The van der Waals surface area contributed by atoms with E-state index in [1.54, 1.807) is 36.4 Å². The van der Waals surface area contributed by atoms with Gasteiger partial charge in [-0.3, -0.25) is 13.9 Å².